The van der Waals surface area contributed by atoms with Gasteiger partial charge in [-0.1, -0.05) is 0 Å². The van der Waals surface area contributed by atoms with E-state index in [1.54, 1.807) is 7.05 Å². The quantitative estimate of drug-likeness (QED) is 0.0649. The van der Waals surface area contributed by atoms with Gasteiger partial charge < -0.3 is 89.5 Å². The van der Waals surface area contributed by atoms with Crippen LogP contribution < -0.4 is 45.0 Å². The van der Waals surface area contributed by atoms with Crippen molar-refractivity contribution in [1.29, 1.82) is 0 Å². The Hall–Kier alpha value is -1.66. The fourth-order valence-electron chi connectivity index (χ4n) is 5.83. The van der Waals surface area contributed by atoms with E-state index in [0.717, 1.165) is 0 Å². The molecule has 1 amide bonds. The van der Waals surface area contributed by atoms with E-state index in [4.69, 9.17) is 53.3 Å². The van der Waals surface area contributed by atoms with Gasteiger partial charge in [0.1, 0.15) is 42.0 Å². The lowest BCUT2D eigenvalue weighted by molar-refractivity contribution is -0.307. The van der Waals surface area contributed by atoms with Crippen molar-refractivity contribution in [2.24, 2.45) is 39.4 Å². The van der Waals surface area contributed by atoms with Gasteiger partial charge in [-0.05, 0) is 33.2 Å². The summed E-state index contributed by atoms with van der Waals surface area (Å²) in [6.07, 6.45) is -10.8. The molecule has 19 heteroatoms. The highest BCUT2D eigenvalue weighted by molar-refractivity contribution is 5.82. The van der Waals surface area contributed by atoms with Gasteiger partial charge in [0.2, 0.25) is 0 Å². The van der Waals surface area contributed by atoms with Crippen molar-refractivity contribution < 1.29 is 49.3 Å². The fourth-order valence-corrected chi connectivity index (χ4v) is 5.83. The summed E-state index contributed by atoms with van der Waals surface area (Å²) in [5.74, 6) is -0.761. The number of ether oxygens (including phenoxy) is 4. The summed E-state index contributed by atoms with van der Waals surface area (Å²) in [4.78, 5) is 17.2. The third-order valence-electron chi connectivity index (χ3n) is 8.58. The molecule has 1 aliphatic carbocycles. The maximum atomic E-state index is 13.0. The number of carbonyl (C=O) groups is 1. The largest absolute Gasteiger partial charge is 0.388 e. The second-order valence-corrected chi connectivity index (χ2v) is 12.2. The molecule has 0 aromatic rings. The molecule has 0 spiro atoms. The lowest BCUT2D eigenvalue weighted by Gasteiger charge is -2.49. The molecule has 2 saturated heterocycles. The van der Waals surface area contributed by atoms with Crippen molar-refractivity contribution in [3.63, 3.8) is 0 Å². The highest BCUT2D eigenvalue weighted by Crippen LogP contribution is 2.32. The Morgan fingerprint density at radius 3 is 2.38 bits per heavy atom. The molecule has 1 saturated carbocycles. The zero-order valence-electron chi connectivity index (χ0n) is 25.7. The highest BCUT2D eigenvalue weighted by atomic mass is 16.7. The summed E-state index contributed by atoms with van der Waals surface area (Å²) < 4.78 is 23.8. The topological polar surface area (TPSA) is 348 Å². The van der Waals surface area contributed by atoms with Gasteiger partial charge >= 0.3 is 0 Å². The Morgan fingerprint density at radius 2 is 1.76 bits per heavy atom. The molecule has 15 atom stereocenters. The second-order valence-electron chi connectivity index (χ2n) is 12.2. The summed E-state index contributed by atoms with van der Waals surface area (Å²) in [5, 5.41) is 59.3. The molecule has 19 N–H and O–H groups in total. The monoisotopic (exact) mass is 651 g/mol. The molecule has 3 aliphatic rings. The number of aliphatic hydroxyl groups is 5. The first-order chi connectivity index (χ1) is 21.1. The third-order valence-corrected chi connectivity index (χ3v) is 8.58. The summed E-state index contributed by atoms with van der Waals surface area (Å²) in [7, 11) is 1.54. The molecule has 0 aromatic carbocycles. The van der Waals surface area contributed by atoms with Crippen LogP contribution in [0.15, 0.2) is 4.99 Å². The van der Waals surface area contributed by atoms with Crippen molar-refractivity contribution in [2.45, 2.75) is 117 Å². The van der Waals surface area contributed by atoms with Crippen LogP contribution in [-0.2, 0) is 23.7 Å². The van der Waals surface area contributed by atoms with Crippen molar-refractivity contribution in [2.75, 3.05) is 33.3 Å². The molecule has 2 heterocycles. The number of rotatable bonds is 13. The first-order valence-corrected chi connectivity index (χ1v) is 15.1. The number of aliphatic hydroxyl groups excluding tert-OH is 4. The molecular weight excluding hydrogens is 598 g/mol. The van der Waals surface area contributed by atoms with E-state index >= 15 is 0 Å². The Bertz CT molecular complexity index is 983. The van der Waals surface area contributed by atoms with Crippen molar-refractivity contribution in [1.82, 2.24) is 10.6 Å². The van der Waals surface area contributed by atoms with Gasteiger partial charge in [-0.15, -0.1) is 0 Å². The zero-order chi connectivity index (χ0) is 33.6. The lowest BCUT2D eigenvalue weighted by Crippen LogP contribution is -2.70. The van der Waals surface area contributed by atoms with Crippen molar-refractivity contribution in [3.8, 4) is 0 Å². The number of nitrogens with two attached hydrogens (primary N) is 6. The Kier molecular flexibility index (Phi) is 13.8. The molecule has 0 unspecified atom stereocenters. The predicted octanol–water partition coefficient (Wildman–Crippen LogP) is -7.45. The number of amides is 1. The third kappa shape index (κ3) is 9.24. The lowest BCUT2D eigenvalue weighted by atomic mass is 9.83. The zero-order valence-corrected chi connectivity index (χ0v) is 25.7. The normalized spacial score (nSPS) is 41.7. The molecule has 3 fully saturated rings. The molecule has 45 heavy (non-hydrogen) atoms. The molecule has 0 radical (unpaired) electrons. The van der Waals surface area contributed by atoms with Crippen LogP contribution in [0.5, 0.6) is 0 Å². The van der Waals surface area contributed by atoms with E-state index < -0.39 is 90.9 Å². The van der Waals surface area contributed by atoms with Gasteiger partial charge in [0.05, 0.1) is 43.9 Å². The van der Waals surface area contributed by atoms with E-state index in [0.29, 0.717) is 12.8 Å². The van der Waals surface area contributed by atoms with E-state index in [9.17, 15) is 30.3 Å². The average Bonchev–Trinajstić information content (AvgIpc) is 3.00. The number of hydrogen-bond acceptors (Lipinski definition) is 17. The summed E-state index contributed by atoms with van der Waals surface area (Å²) in [6.45, 7) is 1.37. The van der Waals surface area contributed by atoms with Gasteiger partial charge in [0.15, 0.2) is 18.7 Å². The van der Waals surface area contributed by atoms with Gasteiger partial charge in [-0.2, -0.15) is 0 Å². The van der Waals surface area contributed by atoms with E-state index in [2.05, 4.69) is 15.6 Å². The first-order valence-electron chi connectivity index (χ1n) is 15.1. The minimum atomic E-state index is -1.96. The maximum absolute atomic E-state index is 13.0. The highest BCUT2D eigenvalue weighted by Gasteiger charge is 2.52. The van der Waals surface area contributed by atoms with Crippen LogP contribution in [0.2, 0.25) is 0 Å². The van der Waals surface area contributed by atoms with Crippen LogP contribution in [0.3, 0.4) is 0 Å². The molecule has 19 nitrogen and oxygen atoms in total. The average molecular weight is 652 g/mol. The van der Waals surface area contributed by atoms with Crippen LogP contribution in [0.25, 0.3) is 0 Å². The number of likely N-dealkylation sites (N-methyl/N-ethyl adjacent to an activating group) is 1. The van der Waals surface area contributed by atoms with Gasteiger partial charge in [-0.25, -0.2) is 0 Å². The van der Waals surface area contributed by atoms with Gasteiger partial charge in [0.25, 0.3) is 5.91 Å². The standard InChI is InChI=1S/C26H53N9O10/c1-26(41)9-42-25(19(39)22(26)33-2)45-21-14(35-23(40)17(37)16(36)13(31)6-27)5-12(30)20(18(21)38)44-24-11(29)4-3-10(43-24)8-34-15(32)7-28/h10-14,16-22,24-25,33,36-39,41H,3-9,27-31H2,1-2H3,(H2,32,34)(H,35,40)/t10-,11+,12-,13-,14+,16-,17-,18-,19+,20+,21-,22+,24+,25+,26-/m0/s1. The van der Waals surface area contributed by atoms with Crippen molar-refractivity contribution >= 4 is 11.7 Å². The van der Waals surface area contributed by atoms with E-state index in [-0.39, 0.29) is 44.6 Å². The van der Waals surface area contributed by atoms with E-state index in [1.165, 1.54) is 6.92 Å². The maximum Gasteiger partial charge on any atom is 0.251 e. The summed E-state index contributed by atoms with van der Waals surface area (Å²) in [6, 6.07) is -4.53. The molecule has 3 rings (SSSR count). The SMILES string of the molecule is CN[C@@H]1[C@@H](O)[C@@H](O[C@@H]2[C@@H](O)[C@H](O[C@H]3O[C@H](CN=C(N)CN)CC[C@H]3N)[C@@H](N)C[C@H]2NC(=O)[C@@H](O)[C@@H](O)[C@@H](N)CN)OC[C@]1(C)O. The van der Waals surface area contributed by atoms with Crippen molar-refractivity contribution in [3.05, 3.63) is 0 Å². The number of hydrogen-bond donors (Lipinski definition) is 13. The Balaban J connectivity index is 1.83. The molecule has 262 valence electrons. The number of carbonyl (C=O) groups excluding carboxylic acids is 1. The van der Waals surface area contributed by atoms with Gasteiger partial charge in [-0.3, -0.25) is 9.79 Å². The van der Waals surface area contributed by atoms with Crippen LogP contribution in [0, 0.1) is 0 Å². The molecular formula is C26H53N9O10. The molecule has 0 aromatic heterocycles. The second kappa shape index (κ2) is 16.4. The van der Waals surface area contributed by atoms with Crippen LogP contribution in [0.4, 0.5) is 0 Å². The van der Waals surface area contributed by atoms with Gasteiger partial charge in [0, 0.05) is 18.6 Å². The Labute approximate surface area is 261 Å². The minimum absolute atomic E-state index is 0.0530. The Morgan fingerprint density at radius 1 is 1.09 bits per heavy atom. The first kappa shape index (κ1) is 37.8. The molecule has 0 bridgehead atoms. The van der Waals surface area contributed by atoms with Crippen LogP contribution in [0.1, 0.15) is 26.2 Å². The minimum Gasteiger partial charge on any atom is -0.388 e. The summed E-state index contributed by atoms with van der Waals surface area (Å²) in [5.41, 5.74) is 33.6. The number of nitrogens with one attached hydrogen (secondary N) is 2. The van der Waals surface area contributed by atoms with Crippen LogP contribution >= 0.6 is 0 Å². The predicted molar refractivity (Wildman–Crippen MR) is 160 cm³/mol. The number of nitrogens with zero attached hydrogens (tertiary/aromatic N) is 1. The smallest absolute Gasteiger partial charge is 0.251 e. The number of amidine groups is 1. The fraction of sp³-hybridized carbons (Fsp3) is 0.923. The van der Waals surface area contributed by atoms with E-state index in [1.807, 2.05) is 0 Å². The summed E-state index contributed by atoms with van der Waals surface area (Å²) >= 11 is 0. The number of aliphatic imine (C=N–C) groups is 1. The molecule has 2 aliphatic heterocycles. The van der Waals surface area contributed by atoms with Crippen LogP contribution in [-0.4, -0.2) is 162 Å².